The second-order valence-corrected chi connectivity index (χ2v) is 8.54. The van der Waals surface area contributed by atoms with Crippen molar-refractivity contribution in [2.75, 3.05) is 0 Å². The van der Waals surface area contributed by atoms with E-state index in [1.807, 2.05) is 0 Å². The predicted molar refractivity (Wildman–Crippen MR) is 88.4 cm³/mol. The number of amides is 1. The maximum absolute atomic E-state index is 12.5. The fourth-order valence-electron chi connectivity index (χ4n) is 4.07. The molecule has 2 aliphatic rings. The number of rotatable bonds is 4. The van der Waals surface area contributed by atoms with Crippen molar-refractivity contribution in [2.24, 2.45) is 17.6 Å². The van der Waals surface area contributed by atoms with E-state index in [9.17, 15) is 13.2 Å². The molecule has 3 unspecified atom stereocenters. The third-order valence-electron chi connectivity index (χ3n) is 5.31. The smallest absolute Gasteiger partial charge is 0.248 e. The van der Waals surface area contributed by atoms with Gasteiger partial charge in [0.2, 0.25) is 15.9 Å². The number of hydrogen-bond donors (Lipinski definition) is 2. The molecule has 2 aliphatic carbocycles. The van der Waals surface area contributed by atoms with Crippen molar-refractivity contribution in [1.82, 2.24) is 4.72 Å². The molecule has 23 heavy (non-hydrogen) atoms. The van der Waals surface area contributed by atoms with Crippen LogP contribution >= 0.6 is 0 Å². The molecular formula is C17H24N2O3S. The second-order valence-electron chi connectivity index (χ2n) is 6.82. The summed E-state index contributed by atoms with van der Waals surface area (Å²) in [6.45, 7) is 0. The Morgan fingerprint density at radius 1 is 1.00 bits per heavy atom. The SMILES string of the molecule is NC(=O)c1ccc(S(=O)(=O)NC2CCC3CCCCC3C2)cc1. The number of hydrogen-bond acceptors (Lipinski definition) is 3. The largest absolute Gasteiger partial charge is 0.366 e. The lowest BCUT2D eigenvalue weighted by molar-refractivity contribution is 0.1000. The molecule has 2 saturated carbocycles. The predicted octanol–water partition coefficient (Wildman–Crippen LogP) is 2.42. The summed E-state index contributed by atoms with van der Waals surface area (Å²) in [4.78, 5) is 11.3. The average Bonchev–Trinajstić information content (AvgIpc) is 2.54. The zero-order valence-corrected chi connectivity index (χ0v) is 14.0. The summed E-state index contributed by atoms with van der Waals surface area (Å²) in [5, 5.41) is 0. The fraction of sp³-hybridized carbons (Fsp3) is 0.588. The molecule has 0 saturated heterocycles. The third kappa shape index (κ3) is 3.75. The van der Waals surface area contributed by atoms with Crippen LogP contribution in [0, 0.1) is 11.8 Å². The van der Waals surface area contributed by atoms with E-state index in [-0.39, 0.29) is 10.9 Å². The molecule has 0 spiro atoms. The van der Waals surface area contributed by atoms with Gasteiger partial charge in [0, 0.05) is 11.6 Å². The van der Waals surface area contributed by atoms with Crippen molar-refractivity contribution in [3.8, 4) is 0 Å². The first-order valence-electron chi connectivity index (χ1n) is 8.38. The monoisotopic (exact) mass is 336 g/mol. The van der Waals surface area contributed by atoms with Crippen molar-refractivity contribution < 1.29 is 13.2 Å². The number of nitrogens with two attached hydrogens (primary N) is 1. The van der Waals surface area contributed by atoms with Gasteiger partial charge in [0.15, 0.2) is 0 Å². The van der Waals surface area contributed by atoms with Crippen molar-refractivity contribution >= 4 is 15.9 Å². The maximum atomic E-state index is 12.5. The molecule has 3 N–H and O–H groups in total. The van der Waals surface area contributed by atoms with Crippen LogP contribution < -0.4 is 10.5 Å². The summed E-state index contributed by atoms with van der Waals surface area (Å²) < 4.78 is 27.9. The van der Waals surface area contributed by atoms with Gasteiger partial charge in [-0.3, -0.25) is 4.79 Å². The van der Waals surface area contributed by atoms with Crippen LogP contribution in [0.2, 0.25) is 0 Å². The van der Waals surface area contributed by atoms with Gasteiger partial charge in [-0.1, -0.05) is 25.7 Å². The van der Waals surface area contributed by atoms with Crippen LogP contribution in [0.3, 0.4) is 0 Å². The second kappa shape index (κ2) is 6.61. The number of carbonyl (C=O) groups excluding carboxylic acids is 1. The highest BCUT2D eigenvalue weighted by molar-refractivity contribution is 7.89. The quantitative estimate of drug-likeness (QED) is 0.885. The molecule has 0 aromatic heterocycles. The lowest BCUT2D eigenvalue weighted by Gasteiger charge is -2.39. The Kier molecular flexibility index (Phi) is 4.73. The Labute approximate surface area is 137 Å². The standard InChI is InChI=1S/C17H24N2O3S/c18-17(20)13-6-9-16(10-7-13)23(21,22)19-15-8-5-12-3-1-2-4-14(12)11-15/h6-7,9-10,12,14-15,19H,1-5,8,11H2,(H2,18,20). The summed E-state index contributed by atoms with van der Waals surface area (Å²) >= 11 is 0. The van der Waals surface area contributed by atoms with Gasteiger partial charge < -0.3 is 5.73 Å². The lowest BCUT2D eigenvalue weighted by atomic mass is 9.70. The molecule has 3 rings (SSSR count). The van der Waals surface area contributed by atoms with Gasteiger partial charge in [0.25, 0.3) is 0 Å². The number of carbonyl (C=O) groups is 1. The minimum atomic E-state index is -3.54. The van der Waals surface area contributed by atoms with Crippen LogP contribution in [0.5, 0.6) is 0 Å². The van der Waals surface area contributed by atoms with Crippen LogP contribution in [0.1, 0.15) is 55.3 Å². The van der Waals surface area contributed by atoms with E-state index in [4.69, 9.17) is 5.73 Å². The number of primary amides is 1. The Bertz CT molecular complexity index is 670. The molecule has 2 fully saturated rings. The number of nitrogens with one attached hydrogen (secondary N) is 1. The highest BCUT2D eigenvalue weighted by Crippen LogP contribution is 2.40. The minimum Gasteiger partial charge on any atom is -0.366 e. The van der Waals surface area contributed by atoms with E-state index in [1.54, 1.807) is 0 Å². The summed E-state index contributed by atoms with van der Waals surface area (Å²) in [6.07, 6.45) is 8.12. The summed E-state index contributed by atoms with van der Waals surface area (Å²) in [7, 11) is -3.54. The highest BCUT2D eigenvalue weighted by Gasteiger charge is 2.33. The lowest BCUT2D eigenvalue weighted by Crippen LogP contribution is -2.41. The molecule has 0 radical (unpaired) electrons. The van der Waals surface area contributed by atoms with Crippen LogP contribution in [0.25, 0.3) is 0 Å². The van der Waals surface area contributed by atoms with Gasteiger partial charge in [-0.05, 0) is 55.4 Å². The van der Waals surface area contributed by atoms with Crippen LogP contribution in [0.4, 0.5) is 0 Å². The Hall–Kier alpha value is -1.40. The first kappa shape index (κ1) is 16.5. The van der Waals surface area contributed by atoms with Gasteiger partial charge >= 0.3 is 0 Å². The minimum absolute atomic E-state index is 0.0233. The van der Waals surface area contributed by atoms with Crippen LogP contribution in [-0.4, -0.2) is 20.4 Å². The number of sulfonamides is 1. The normalized spacial score (nSPS) is 28.1. The average molecular weight is 336 g/mol. The summed E-state index contributed by atoms with van der Waals surface area (Å²) in [5.41, 5.74) is 5.49. The Balaban J connectivity index is 1.67. The molecule has 5 nitrogen and oxygen atoms in total. The molecule has 0 heterocycles. The maximum Gasteiger partial charge on any atom is 0.248 e. The van der Waals surface area contributed by atoms with Crippen molar-refractivity contribution in [3.63, 3.8) is 0 Å². The van der Waals surface area contributed by atoms with Gasteiger partial charge in [-0.2, -0.15) is 0 Å². The Morgan fingerprint density at radius 3 is 2.30 bits per heavy atom. The van der Waals surface area contributed by atoms with Gasteiger partial charge in [-0.25, -0.2) is 13.1 Å². The molecule has 0 bridgehead atoms. The highest BCUT2D eigenvalue weighted by atomic mass is 32.2. The summed E-state index contributed by atoms with van der Waals surface area (Å²) in [6, 6.07) is 5.81. The van der Waals surface area contributed by atoms with E-state index in [0.717, 1.165) is 25.2 Å². The zero-order chi connectivity index (χ0) is 16.4. The van der Waals surface area contributed by atoms with Crippen LogP contribution in [-0.2, 0) is 10.0 Å². The molecule has 6 heteroatoms. The molecular weight excluding hydrogens is 312 g/mol. The van der Waals surface area contributed by atoms with E-state index in [0.29, 0.717) is 11.5 Å². The number of benzene rings is 1. The molecule has 1 amide bonds. The van der Waals surface area contributed by atoms with Crippen molar-refractivity contribution in [2.45, 2.75) is 55.9 Å². The first-order chi connectivity index (χ1) is 11.0. The van der Waals surface area contributed by atoms with E-state index in [2.05, 4.69) is 4.72 Å². The Morgan fingerprint density at radius 2 is 1.65 bits per heavy atom. The van der Waals surface area contributed by atoms with Gasteiger partial charge in [-0.15, -0.1) is 0 Å². The molecule has 3 atom stereocenters. The summed E-state index contributed by atoms with van der Waals surface area (Å²) in [5.74, 6) is 0.902. The van der Waals surface area contributed by atoms with Crippen molar-refractivity contribution in [1.29, 1.82) is 0 Å². The molecule has 0 aliphatic heterocycles. The van der Waals surface area contributed by atoms with Crippen molar-refractivity contribution in [3.05, 3.63) is 29.8 Å². The van der Waals surface area contributed by atoms with E-state index in [1.165, 1.54) is 49.9 Å². The fourth-order valence-corrected chi connectivity index (χ4v) is 5.35. The molecule has 1 aromatic rings. The van der Waals surface area contributed by atoms with Gasteiger partial charge in [0.05, 0.1) is 4.90 Å². The first-order valence-corrected chi connectivity index (χ1v) is 9.86. The molecule has 126 valence electrons. The van der Waals surface area contributed by atoms with E-state index < -0.39 is 15.9 Å². The number of fused-ring (bicyclic) bond motifs is 1. The topological polar surface area (TPSA) is 89.3 Å². The van der Waals surface area contributed by atoms with E-state index >= 15 is 0 Å². The molecule has 1 aromatic carbocycles. The van der Waals surface area contributed by atoms with Crippen LogP contribution in [0.15, 0.2) is 29.2 Å². The van der Waals surface area contributed by atoms with Gasteiger partial charge in [0.1, 0.15) is 0 Å². The third-order valence-corrected chi connectivity index (χ3v) is 6.85. The zero-order valence-electron chi connectivity index (χ0n) is 13.2.